The van der Waals surface area contributed by atoms with Crippen molar-refractivity contribution in [2.45, 2.75) is 51.2 Å². The lowest BCUT2D eigenvalue weighted by Gasteiger charge is -2.38. The van der Waals surface area contributed by atoms with Crippen LogP contribution in [0.2, 0.25) is 0 Å². The highest BCUT2D eigenvalue weighted by Crippen LogP contribution is 2.30. The zero-order valence-electron chi connectivity index (χ0n) is 11.0. The minimum absolute atomic E-state index is 0.144. The van der Waals surface area contributed by atoms with Crippen molar-refractivity contribution in [1.82, 2.24) is 4.90 Å². The first-order chi connectivity index (χ1) is 7.69. The minimum atomic E-state index is -0.144. The van der Waals surface area contributed by atoms with Gasteiger partial charge in [-0.1, -0.05) is 19.8 Å². The van der Waals surface area contributed by atoms with Crippen LogP contribution < -0.4 is 0 Å². The van der Waals surface area contributed by atoms with Crippen molar-refractivity contribution in [3.05, 3.63) is 0 Å². The van der Waals surface area contributed by atoms with Crippen molar-refractivity contribution in [3.8, 4) is 0 Å². The molecule has 1 aliphatic carbocycles. The Hall–Kier alpha value is -0.120. The van der Waals surface area contributed by atoms with Gasteiger partial charge >= 0.3 is 0 Å². The van der Waals surface area contributed by atoms with Crippen LogP contribution in [0.25, 0.3) is 0 Å². The zero-order chi connectivity index (χ0) is 12.0. The Morgan fingerprint density at radius 3 is 2.75 bits per heavy atom. The van der Waals surface area contributed by atoms with Crippen LogP contribution in [-0.4, -0.2) is 49.5 Å². The van der Waals surface area contributed by atoms with E-state index in [0.717, 1.165) is 31.9 Å². The van der Waals surface area contributed by atoms with Crippen LogP contribution in [0, 0.1) is 5.92 Å². The third kappa shape index (κ3) is 4.04. The Balaban J connectivity index is 2.41. The number of hydrogen-bond donors (Lipinski definition) is 1. The number of likely N-dealkylation sites (N-methyl/N-ethyl adjacent to an activating group) is 1. The summed E-state index contributed by atoms with van der Waals surface area (Å²) in [6.07, 6.45) is 5.73. The largest absolute Gasteiger partial charge is 0.391 e. The molecule has 1 aliphatic rings. The quantitative estimate of drug-likeness (QED) is 0.755. The van der Waals surface area contributed by atoms with Crippen LogP contribution in [0.4, 0.5) is 0 Å². The highest BCUT2D eigenvalue weighted by molar-refractivity contribution is 4.85. The molecule has 0 bridgehead atoms. The molecule has 3 unspecified atom stereocenters. The summed E-state index contributed by atoms with van der Waals surface area (Å²) in [7, 11) is 3.83. The third-order valence-corrected chi connectivity index (χ3v) is 3.80. The number of rotatable bonds is 6. The second kappa shape index (κ2) is 7.25. The summed E-state index contributed by atoms with van der Waals surface area (Å²) in [5.74, 6) is 0.809. The fourth-order valence-corrected chi connectivity index (χ4v) is 2.76. The maximum absolute atomic E-state index is 10.0. The van der Waals surface area contributed by atoms with E-state index in [9.17, 15) is 5.11 Å². The van der Waals surface area contributed by atoms with Gasteiger partial charge in [-0.25, -0.2) is 0 Å². The van der Waals surface area contributed by atoms with Crippen molar-refractivity contribution < 1.29 is 9.84 Å². The molecule has 1 rings (SSSR count). The Labute approximate surface area is 99.8 Å². The molecule has 1 saturated carbocycles. The molecule has 0 amide bonds. The fourth-order valence-electron chi connectivity index (χ4n) is 2.76. The average molecular weight is 229 g/mol. The van der Waals surface area contributed by atoms with Gasteiger partial charge in [-0.15, -0.1) is 0 Å². The second-order valence-corrected chi connectivity index (χ2v) is 5.08. The summed E-state index contributed by atoms with van der Waals surface area (Å²) in [6, 6.07) is 0.334. The predicted molar refractivity (Wildman–Crippen MR) is 66.5 cm³/mol. The van der Waals surface area contributed by atoms with E-state index in [1.807, 2.05) is 0 Å². The molecule has 96 valence electrons. The highest BCUT2D eigenvalue weighted by atomic mass is 16.5. The molecule has 3 heteroatoms. The summed E-state index contributed by atoms with van der Waals surface area (Å²) in [6.45, 7) is 3.91. The van der Waals surface area contributed by atoms with Gasteiger partial charge in [-0.2, -0.15) is 0 Å². The third-order valence-electron chi connectivity index (χ3n) is 3.80. The highest BCUT2D eigenvalue weighted by Gasteiger charge is 2.31. The Morgan fingerprint density at radius 2 is 2.12 bits per heavy atom. The lowest BCUT2D eigenvalue weighted by Crippen LogP contribution is -2.46. The zero-order valence-corrected chi connectivity index (χ0v) is 11.0. The summed E-state index contributed by atoms with van der Waals surface area (Å²) in [4.78, 5) is 2.26. The van der Waals surface area contributed by atoms with Crippen molar-refractivity contribution >= 4 is 0 Å². The number of hydrogen-bond acceptors (Lipinski definition) is 3. The molecule has 0 aromatic carbocycles. The van der Waals surface area contributed by atoms with Crippen LogP contribution in [-0.2, 0) is 4.74 Å². The molecule has 0 spiro atoms. The number of aliphatic hydroxyl groups excluding tert-OH is 1. The van der Waals surface area contributed by atoms with Crippen molar-refractivity contribution in [2.24, 2.45) is 5.92 Å². The van der Waals surface area contributed by atoms with Gasteiger partial charge in [0.2, 0.25) is 0 Å². The predicted octanol–water partition coefficient (Wildman–Crippen LogP) is 1.89. The molecular weight excluding hydrogens is 202 g/mol. The van der Waals surface area contributed by atoms with Gasteiger partial charge in [0.05, 0.1) is 12.7 Å². The van der Waals surface area contributed by atoms with Gasteiger partial charge < -0.3 is 9.84 Å². The molecule has 0 radical (unpaired) electrons. The molecule has 1 N–H and O–H groups in total. The average Bonchev–Trinajstić information content (AvgIpc) is 2.29. The minimum Gasteiger partial charge on any atom is -0.391 e. The Bertz CT molecular complexity index is 187. The standard InChI is InChI=1S/C13H27NO2/c1-4-5-11-6-7-13(15)12(10-11)14(2)8-9-16-3/h11-13,15H,4-10H2,1-3H3. The van der Waals surface area contributed by atoms with E-state index in [0.29, 0.717) is 6.04 Å². The number of methoxy groups -OCH3 is 1. The second-order valence-electron chi connectivity index (χ2n) is 5.08. The Kier molecular flexibility index (Phi) is 6.32. The van der Waals surface area contributed by atoms with Crippen molar-refractivity contribution in [1.29, 1.82) is 0 Å². The van der Waals surface area contributed by atoms with E-state index < -0.39 is 0 Å². The van der Waals surface area contributed by atoms with Gasteiger partial charge in [-0.3, -0.25) is 4.90 Å². The molecule has 16 heavy (non-hydrogen) atoms. The number of ether oxygens (including phenoxy) is 1. The van der Waals surface area contributed by atoms with Crippen LogP contribution in [0.15, 0.2) is 0 Å². The van der Waals surface area contributed by atoms with Gasteiger partial charge in [0.1, 0.15) is 0 Å². The van der Waals surface area contributed by atoms with Gasteiger partial charge in [0.25, 0.3) is 0 Å². The lowest BCUT2D eigenvalue weighted by atomic mass is 9.81. The lowest BCUT2D eigenvalue weighted by molar-refractivity contribution is 0.00448. The normalized spacial score (nSPS) is 30.9. The van der Waals surface area contributed by atoms with Crippen molar-refractivity contribution in [2.75, 3.05) is 27.3 Å². The first-order valence-corrected chi connectivity index (χ1v) is 6.56. The molecule has 0 heterocycles. The molecule has 0 aromatic heterocycles. The van der Waals surface area contributed by atoms with E-state index >= 15 is 0 Å². The van der Waals surface area contributed by atoms with Crippen LogP contribution in [0.3, 0.4) is 0 Å². The van der Waals surface area contributed by atoms with E-state index in [4.69, 9.17) is 4.74 Å². The van der Waals surface area contributed by atoms with E-state index in [2.05, 4.69) is 18.9 Å². The SMILES string of the molecule is CCCC1CCC(O)C(N(C)CCOC)C1. The maximum Gasteiger partial charge on any atom is 0.0695 e. The van der Waals surface area contributed by atoms with Crippen LogP contribution in [0.1, 0.15) is 39.0 Å². The molecule has 1 fully saturated rings. The van der Waals surface area contributed by atoms with Crippen LogP contribution in [0.5, 0.6) is 0 Å². The van der Waals surface area contributed by atoms with E-state index in [1.165, 1.54) is 19.3 Å². The molecule has 0 saturated heterocycles. The van der Waals surface area contributed by atoms with Crippen LogP contribution >= 0.6 is 0 Å². The molecule has 3 nitrogen and oxygen atoms in total. The van der Waals surface area contributed by atoms with E-state index in [1.54, 1.807) is 7.11 Å². The monoisotopic (exact) mass is 229 g/mol. The molecule has 0 aromatic rings. The van der Waals surface area contributed by atoms with E-state index in [-0.39, 0.29) is 6.10 Å². The first-order valence-electron chi connectivity index (χ1n) is 6.56. The summed E-state index contributed by atoms with van der Waals surface area (Å²) in [5, 5.41) is 10.0. The van der Waals surface area contributed by atoms with Gasteiger partial charge in [0, 0.05) is 19.7 Å². The summed E-state index contributed by atoms with van der Waals surface area (Å²) in [5.41, 5.74) is 0. The summed E-state index contributed by atoms with van der Waals surface area (Å²) >= 11 is 0. The van der Waals surface area contributed by atoms with Crippen molar-refractivity contribution in [3.63, 3.8) is 0 Å². The number of nitrogens with zero attached hydrogens (tertiary/aromatic N) is 1. The molecule has 3 atom stereocenters. The smallest absolute Gasteiger partial charge is 0.0695 e. The molecular formula is C13H27NO2. The molecule has 0 aliphatic heterocycles. The summed E-state index contributed by atoms with van der Waals surface area (Å²) < 4.78 is 5.09. The van der Waals surface area contributed by atoms with Gasteiger partial charge in [0.15, 0.2) is 0 Å². The fraction of sp³-hybridized carbons (Fsp3) is 1.00. The number of aliphatic hydroxyl groups is 1. The maximum atomic E-state index is 10.0. The van der Waals surface area contributed by atoms with Gasteiger partial charge in [-0.05, 0) is 32.2 Å². The first kappa shape index (κ1) is 13.9. The topological polar surface area (TPSA) is 32.7 Å². The Morgan fingerprint density at radius 1 is 1.38 bits per heavy atom.